The van der Waals surface area contributed by atoms with E-state index in [-0.39, 0.29) is 24.3 Å². The summed E-state index contributed by atoms with van der Waals surface area (Å²) in [5.74, 6) is 0.0170. The van der Waals surface area contributed by atoms with Crippen molar-refractivity contribution in [3.05, 3.63) is 65.0 Å². The summed E-state index contributed by atoms with van der Waals surface area (Å²) < 4.78 is 1.07. The van der Waals surface area contributed by atoms with Crippen molar-refractivity contribution in [3.8, 4) is 5.75 Å². The van der Waals surface area contributed by atoms with Crippen molar-refractivity contribution >= 4 is 27.3 Å². The van der Waals surface area contributed by atoms with Crippen molar-refractivity contribution < 1.29 is 15.0 Å². The Labute approximate surface area is 138 Å². The number of carbonyl (C=O) groups excluding carboxylic acids is 1. The Morgan fingerprint density at radius 1 is 1.13 bits per heavy atom. The molecule has 1 aromatic heterocycles. The van der Waals surface area contributed by atoms with Gasteiger partial charge < -0.3 is 15.5 Å². The predicted octanol–water partition coefficient (Wildman–Crippen LogP) is 2.94. The zero-order valence-corrected chi connectivity index (χ0v) is 13.2. The summed E-state index contributed by atoms with van der Waals surface area (Å²) >= 11 is 1.53. The van der Waals surface area contributed by atoms with Gasteiger partial charge in [0.15, 0.2) is 0 Å². The third-order valence-electron chi connectivity index (χ3n) is 3.70. The fourth-order valence-electron chi connectivity index (χ4n) is 2.49. The molecule has 0 unspecified atom stereocenters. The van der Waals surface area contributed by atoms with Gasteiger partial charge >= 0.3 is 0 Å². The molecule has 3 N–H and O–H groups in total. The molecule has 0 bridgehead atoms. The molecule has 1 atom stereocenters. The van der Waals surface area contributed by atoms with Gasteiger partial charge in [0.25, 0.3) is 5.91 Å². The number of phenolic OH excluding ortho intramolecular Hbond substituents is 1. The summed E-state index contributed by atoms with van der Waals surface area (Å²) in [6.07, 6.45) is 0.505. The minimum absolute atomic E-state index is 0.144. The molecule has 1 heterocycles. The molecule has 118 valence electrons. The first-order valence-corrected chi connectivity index (χ1v) is 8.21. The third kappa shape index (κ3) is 3.52. The van der Waals surface area contributed by atoms with Crippen LogP contribution >= 0.6 is 11.3 Å². The third-order valence-corrected chi connectivity index (χ3v) is 4.66. The van der Waals surface area contributed by atoms with Crippen molar-refractivity contribution in [3.63, 3.8) is 0 Å². The van der Waals surface area contributed by atoms with E-state index in [0.717, 1.165) is 15.6 Å². The standard InChI is InChI=1S/C18H17NO3S/c20-10-13(9-12-5-7-14(21)8-6-12)19-18(22)16-11-23-17-4-2-1-3-15(16)17/h1-8,11,13,20-21H,9-10H2,(H,19,22)/t13-/m0/s1. The van der Waals surface area contributed by atoms with Gasteiger partial charge in [-0.3, -0.25) is 4.79 Å². The average molecular weight is 327 g/mol. The Hall–Kier alpha value is -2.37. The number of benzene rings is 2. The number of aliphatic hydroxyl groups is 1. The van der Waals surface area contributed by atoms with Crippen LogP contribution in [0, 0.1) is 0 Å². The van der Waals surface area contributed by atoms with E-state index in [1.807, 2.05) is 29.6 Å². The van der Waals surface area contributed by atoms with E-state index in [1.165, 1.54) is 11.3 Å². The van der Waals surface area contributed by atoms with Crippen LogP contribution in [0.4, 0.5) is 0 Å². The van der Waals surface area contributed by atoms with E-state index < -0.39 is 0 Å². The first kappa shape index (κ1) is 15.5. The number of rotatable bonds is 5. The summed E-state index contributed by atoms with van der Waals surface area (Å²) in [6.45, 7) is -0.144. The topological polar surface area (TPSA) is 69.6 Å². The molecule has 23 heavy (non-hydrogen) atoms. The zero-order valence-electron chi connectivity index (χ0n) is 12.4. The SMILES string of the molecule is O=C(N[C@H](CO)Cc1ccc(O)cc1)c1csc2ccccc12. The summed E-state index contributed by atoms with van der Waals surface area (Å²) in [4.78, 5) is 12.5. The molecular formula is C18H17NO3S. The lowest BCUT2D eigenvalue weighted by molar-refractivity contribution is 0.0918. The maximum atomic E-state index is 12.5. The molecule has 3 rings (SSSR count). The van der Waals surface area contributed by atoms with E-state index >= 15 is 0 Å². The van der Waals surface area contributed by atoms with E-state index in [9.17, 15) is 15.0 Å². The van der Waals surface area contributed by atoms with Gasteiger partial charge in [-0.15, -0.1) is 11.3 Å². The molecule has 0 saturated heterocycles. The van der Waals surface area contributed by atoms with Gasteiger partial charge in [-0.2, -0.15) is 0 Å². The molecule has 0 saturated carbocycles. The highest BCUT2D eigenvalue weighted by Crippen LogP contribution is 2.25. The van der Waals surface area contributed by atoms with Crippen LogP contribution in [0.5, 0.6) is 5.75 Å². The number of aliphatic hydroxyl groups excluding tert-OH is 1. The average Bonchev–Trinajstić information content (AvgIpc) is 3.00. The Morgan fingerprint density at radius 2 is 1.87 bits per heavy atom. The second-order valence-electron chi connectivity index (χ2n) is 5.37. The molecule has 0 radical (unpaired) electrons. The Balaban J connectivity index is 1.73. The van der Waals surface area contributed by atoms with Gasteiger partial charge in [0.05, 0.1) is 18.2 Å². The summed E-state index contributed by atoms with van der Waals surface area (Å²) in [7, 11) is 0. The maximum absolute atomic E-state index is 12.5. The fourth-order valence-corrected chi connectivity index (χ4v) is 3.44. The minimum atomic E-state index is -0.370. The highest BCUT2D eigenvalue weighted by molar-refractivity contribution is 7.17. The molecular weight excluding hydrogens is 310 g/mol. The number of amides is 1. The Kier molecular flexibility index (Phi) is 4.60. The van der Waals surface area contributed by atoms with E-state index in [4.69, 9.17) is 0 Å². The maximum Gasteiger partial charge on any atom is 0.253 e. The van der Waals surface area contributed by atoms with Gasteiger partial charge in [0.1, 0.15) is 5.75 Å². The highest BCUT2D eigenvalue weighted by atomic mass is 32.1. The van der Waals surface area contributed by atoms with Crippen LogP contribution in [-0.4, -0.2) is 28.8 Å². The molecule has 0 aliphatic carbocycles. The number of phenols is 1. The highest BCUT2D eigenvalue weighted by Gasteiger charge is 2.16. The quantitative estimate of drug-likeness (QED) is 0.675. The molecule has 0 fully saturated rings. The fraction of sp³-hybridized carbons (Fsp3) is 0.167. The van der Waals surface area contributed by atoms with Crippen LogP contribution in [0.3, 0.4) is 0 Å². The smallest absolute Gasteiger partial charge is 0.253 e. The van der Waals surface area contributed by atoms with E-state index in [1.54, 1.807) is 24.3 Å². The van der Waals surface area contributed by atoms with Crippen molar-refractivity contribution in [1.82, 2.24) is 5.32 Å². The number of hydrogen-bond acceptors (Lipinski definition) is 4. The lowest BCUT2D eigenvalue weighted by Crippen LogP contribution is -2.39. The first-order valence-electron chi connectivity index (χ1n) is 7.33. The van der Waals surface area contributed by atoms with Crippen molar-refractivity contribution in [2.24, 2.45) is 0 Å². The second kappa shape index (κ2) is 6.81. The molecule has 4 nitrogen and oxygen atoms in total. The number of aromatic hydroxyl groups is 1. The number of thiophene rings is 1. The monoisotopic (exact) mass is 327 g/mol. The van der Waals surface area contributed by atoms with Gasteiger partial charge in [-0.05, 0) is 30.2 Å². The van der Waals surface area contributed by atoms with Gasteiger partial charge in [0, 0.05) is 15.5 Å². The lowest BCUT2D eigenvalue weighted by atomic mass is 10.1. The second-order valence-corrected chi connectivity index (χ2v) is 6.28. The van der Waals surface area contributed by atoms with Crippen LogP contribution in [-0.2, 0) is 6.42 Å². The van der Waals surface area contributed by atoms with E-state index in [2.05, 4.69) is 5.32 Å². The number of fused-ring (bicyclic) bond motifs is 1. The summed E-state index contributed by atoms with van der Waals surface area (Å²) in [5.41, 5.74) is 1.58. The Bertz CT molecular complexity index is 811. The normalized spacial score (nSPS) is 12.2. The number of nitrogens with one attached hydrogen (secondary N) is 1. The molecule has 0 aliphatic rings. The first-order chi connectivity index (χ1) is 11.2. The van der Waals surface area contributed by atoms with Gasteiger partial charge in [-0.25, -0.2) is 0 Å². The lowest BCUT2D eigenvalue weighted by Gasteiger charge is -2.16. The van der Waals surface area contributed by atoms with Crippen LogP contribution in [0.2, 0.25) is 0 Å². The Morgan fingerprint density at radius 3 is 2.61 bits per heavy atom. The molecule has 5 heteroatoms. The van der Waals surface area contributed by atoms with Crippen molar-refractivity contribution in [2.45, 2.75) is 12.5 Å². The molecule has 3 aromatic rings. The van der Waals surface area contributed by atoms with Gasteiger partial charge in [0.2, 0.25) is 0 Å². The van der Waals surface area contributed by atoms with E-state index in [0.29, 0.717) is 12.0 Å². The van der Waals surface area contributed by atoms with Crippen molar-refractivity contribution in [2.75, 3.05) is 6.61 Å². The molecule has 1 amide bonds. The van der Waals surface area contributed by atoms with Crippen LogP contribution in [0.15, 0.2) is 53.9 Å². The predicted molar refractivity (Wildman–Crippen MR) is 92.0 cm³/mol. The molecule has 0 spiro atoms. The molecule has 2 aromatic carbocycles. The molecule has 0 aliphatic heterocycles. The summed E-state index contributed by atoms with van der Waals surface area (Å²) in [6, 6.07) is 14.1. The van der Waals surface area contributed by atoms with Crippen LogP contribution in [0.1, 0.15) is 15.9 Å². The summed E-state index contributed by atoms with van der Waals surface area (Å²) in [5, 5.41) is 24.5. The van der Waals surface area contributed by atoms with Crippen LogP contribution < -0.4 is 5.32 Å². The largest absolute Gasteiger partial charge is 0.508 e. The zero-order chi connectivity index (χ0) is 16.2. The number of hydrogen-bond donors (Lipinski definition) is 3. The van der Waals surface area contributed by atoms with Crippen LogP contribution in [0.25, 0.3) is 10.1 Å². The van der Waals surface area contributed by atoms with Gasteiger partial charge in [-0.1, -0.05) is 30.3 Å². The minimum Gasteiger partial charge on any atom is -0.508 e. The number of carbonyl (C=O) groups is 1. The van der Waals surface area contributed by atoms with Crippen molar-refractivity contribution in [1.29, 1.82) is 0 Å².